The summed E-state index contributed by atoms with van der Waals surface area (Å²) in [6, 6.07) is 13.5. The van der Waals surface area contributed by atoms with Crippen LogP contribution in [0, 0.1) is 28.6 Å². The smallest absolute Gasteiger partial charge is 0.133 e. The molecular formula is C13H12N2. The fourth-order valence-electron chi connectivity index (χ4n) is 1.53. The molecule has 15 heavy (non-hydrogen) atoms. The highest BCUT2D eigenvalue weighted by molar-refractivity contribution is 5.76. The van der Waals surface area contributed by atoms with Gasteiger partial charge >= 0.3 is 0 Å². The lowest BCUT2D eigenvalue weighted by Gasteiger charge is -2.11. The van der Waals surface area contributed by atoms with Gasteiger partial charge in [-0.2, -0.15) is 10.5 Å². The second kappa shape index (κ2) is 4.98. The van der Waals surface area contributed by atoms with Crippen LogP contribution in [0.25, 0.3) is 5.57 Å². The lowest BCUT2D eigenvalue weighted by atomic mass is 9.91. The largest absolute Gasteiger partial charge is 0.192 e. The highest BCUT2D eigenvalue weighted by atomic mass is 14.3. The molecule has 0 fully saturated rings. The van der Waals surface area contributed by atoms with Gasteiger partial charge in [0, 0.05) is 0 Å². The summed E-state index contributed by atoms with van der Waals surface area (Å²) in [6.07, 6.45) is 0. The zero-order valence-corrected chi connectivity index (χ0v) is 8.86. The van der Waals surface area contributed by atoms with Crippen molar-refractivity contribution < 1.29 is 0 Å². The van der Waals surface area contributed by atoms with Gasteiger partial charge in [0.1, 0.15) is 17.7 Å². The first-order valence-electron chi connectivity index (χ1n) is 4.80. The summed E-state index contributed by atoms with van der Waals surface area (Å²) in [6.45, 7) is 3.97. The molecule has 1 aromatic rings. The van der Waals surface area contributed by atoms with Crippen molar-refractivity contribution in [3.63, 3.8) is 0 Å². The van der Waals surface area contributed by atoms with Gasteiger partial charge in [-0.1, -0.05) is 44.2 Å². The number of rotatable bonds is 2. The van der Waals surface area contributed by atoms with E-state index in [0.29, 0.717) is 0 Å². The first-order chi connectivity index (χ1) is 7.20. The summed E-state index contributed by atoms with van der Waals surface area (Å²) in [7, 11) is 0. The Kier molecular flexibility index (Phi) is 3.66. The Morgan fingerprint density at radius 2 is 1.60 bits per heavy atom. The van der Waals surface area contributed by atoms with Crippen LogP contribution in [0.15, 0.2) is 35.9 Å². The van der Waals surface area contributed by atoms with Crippen molar-refractivity contribution in [2.45, 2.75) is 13.8 Å². The van der Waals surface area contributed by atoms with Crippen LogP contribution in [-0.2, 0) is 0 Å². The number of nitrogens with zero attached hydrogens (tertiary/aromatic N) is 2. The standard InChI is InChI=1S/C13H12N2/c1-10(2)13(12(8-14)9-15)11-6-4-3-5-7-11/h3-7,10H,1-2H3. The highest BCUT2D eigenvalue weighted by Gasteiger charge is 2.12. The van der Waals surface area contributed by atoms with E-state index in [0.717, 1.165) is 11.1 Å². The summed E-state index contributed by atoms with van der Waals surface area (Å²) in [5.41, 5.74) is 1.97. The zero-order valence-electron chi connectivity index (χ0n) is 8.86. The summed E-state index contributed by atoms with van der Waals surface area (Å²) >= 11 is 0. The van der Waals surface area contributed by atoms with E-state index in [4.69, 9.17) is 10.5 Å². The predicted molar refractivity (Wildman–Crippen MR) is 59.4 cm³/mol. The minimum atomic E-state index is 0.168. The second-order valence-electron chi connectivity index (χ2n) is 3.53. The predicted octanol–water partition coefficient (Wildman–Crippen LogP) is 3.14. The van der Waals surface area contributed by atoms with Gasteiger partial charge in [0.25, 0.3) is 0 Å². The zero-order chi connectivity index (χ0) is 11.3. The van der Waals surface area contributed by atoms with Crippen LogP contribution in [0.5, 0.6) is 0 Å². The van der Waals surface area contributed by atoms with E-state index in [-0.39, 0.29) is 11.5 Å². The molecule has 74 valence electrons. The molecule has 0 radical (unpaired) electrons. The maximum Gasteiger partial charge on any atom is 0.133 e. The Morgan fingerprint density at radius 3 is 2.00 bits per heavy atom. The van der Waals surface area contributed by atoms with Gasteiger partial charge in [-0.15, -0.1) is 0 Å². The molecule has 0 spiro atoms. The van der Waals surface area contributed by atoms with Gasteiger partial charge in [0.2, 0.25) is 0 Å². The molecule has 0 aliphatic carbocycles. The maximum atomic E-state index is 8.88. The Hall–Kier alpha value is -2.06. The van der Waals surface area contributed by atoms with Crippen molar-refractivity contribution in [3.8, 4) is 12.1 Å². The third-order valence-electron chi connectivity index (χ3n) is 2.16. The van der Waals surface area contributed by atoms with Crippen LogP contribution in [0.2, 0.25) is 0 Å². The second-order valence-corrected chi connectivity index (χ2v) is 3.53. The molecule has 0 N–H and O–H groups in total. The number of hydrogen-bond donors (Lipinski definition) is 0. The average molecular weight is 196 g/mol. The van der Waals surface area contributed by atoms with Crippen LogP contribution >= 0.6 is 0 Å². The quantitative estimate of drug-likeness (QED) is 0.682. The minimum Gasteiger partial charge on any atom is -0.192 e. The Bertz CT molecular complexity index is 426. The van der Waals surface area contributed by atoms with Gasteiger partial charge < -0.3 is 0 Å². The van der Waals surface area contributed by atoms with E-state index in [9.17, 15) is 0 Å². The normalized spacial score (nSPS) is 9.13. The van der Waals surface area contributed by atoms with E-state index < -0.39 is 0 Å². The van der Waals surface area contributed by atoms with Crippen molar-refractivity contribution in [3.05, 3.63) is 41.5 Å². The van der Waals surface area contributed by atoms with E-state index in [1.807, 2.05) is 56.3 Å². The first-order valence-corrected chi connectivity index (χ1v) is 4.80. The molecule has 0 aliphatic heterocycles. The fraction of sp³-hybridized carbons (Fsp3) is 0.231. The molecule has 1 rings (SSSR count). The topological polar surface area (TPSA) is 47.6 Å². The molecule has 0 saturated heterocycles. The Labute approximate surface area is 90.1 Å². The molecule has 0 amide bonds. The molecule has 0 atom stereocenters. The van der Waals surface area contributed by atoms with Crippen LogP contribution in [0.4, 0.5) is 0 Å². The van der Waals surface area contributed by atoms with Crippen molar-refractivity contribution in [2.75, 3.05) is 0 Å². The maximum absolute atomic E-state index is 8.88. The lowest BCUT2D eigenvalue weighted by molar-refractivity contribution is 0.853. The third-order valence-corrected chi connectivity index (χ3v) is 2.16. The monoisotopic (exact) mass is 196 g/mol. The third kappa shape index (κ3) is 2.45. The van der Waals surface area contributed by atoms with Gasteiger partial charge in [-0.05, 0) is 17.1 Å². The average Bonchev–Trinajstić information content (AvgIpc) is 2.26. The molecule has 0 aliphatic rings. The van der Waals surface area contributed by atoms with E-state index >= 15 is 0 Å². The van der Waals surface area contributed by atoms with Gasteiger partial charge in [-0.3, -0.25) is 0 Å². The van der Waals surface area contributed by atoms with E-state index in [2.05, 4.69) is 0 Å². The van der Waals surface area contributed by atoms with Crippen LogP contribution in [0.3, 0.4) is 0 Å². The molecular weight excluding hydrogens is 184 g/mol. The van der Waals surface area contributed by atoms with Crippen molar-refractivity contribution >= 4 is 5.57 Å². The first kappa shape index (κ1) is 11.0. The van der Waals surface area contributed by atoms with Crippen molar-refractivity contribution in [2.24, 2.45) is 5.92 Å². The minimum absolute atomic E-state index is 0.168. The van der Waals surface area contributed by atoms with Gasteiger partial charge in [-0.25, -0.2) is 0 Å². The summed E-state index contributed by atoms with van der Waals surface area (Å²) in [5, 5.41) is 17.8. The number of benzene rings is 1. The SMILES string of the molecule is CC(C)C(=C(C#N)C#N)c1ccccc1. The van der Waals surface area contributed by atoms with Crippen LogP contribution < -0.4 is 0 Å². The molecule has 0 heterocycles. The number of nitriles is 2. The molecule has 0 bridgehead atoms. The van der Waals surface area contributed by atoms with Crippen LogP contribution in [-0.4, -0.2) is 0 Å². The molecule has 0 unspecified atom stereocenters. The summed E-state index contributed by atoms with van der Waals surface area (Å²) in [5.74, 6) is 0.168. The molecule has 0 aromatic heterocycles. The van der Waals surface area contributed by atoms with Gasteiger partial charge in [0.15, 0.2) is 0 Å². The fourth-order valence-corrected chi connectivity index (χ4v) is 1.53. The number of hydrogen-bond acceptors (Lipinski definition) is 2. The molecule has 1 aromatic carbocycles. The summed E-state index contributed by atoms with van der Waals surface area (Å²) < 4.78 is 0. The van der Waals surface area contributed by atoms with E-state index in [1.54, 1.807) is 0 Å². The highest BCUT2D eigenvalue weighted by Crippen LogP contribution is 2.25. The molecule has 2 nitrogen and oxygen atoms in total. The number of allylic oxidation sites excluding steroid dienone is 2. The Morgan fingerprint density at radius 1 is 1.07 bits per heavy atom. The van der Waals surface area contributed by atoms with Crippen molar-refractivity contribution in [1.82, 2.24) is 0 Å². The van der Waals surface area contributed by atoms with E-state index in [1.165, 1.54) is 0 Å². The molecule has 0 saturated carbocycles. The molecule has 2 heteroatoms. The van der Waals surface area contributed by atoms with Crippen LogP contribution in [0.1, 0.15) is 19.4 Å². The van der Waals surface area contributed by atoms with Crippen molar-refractivity contribution in [1.29, 1.82) is 10.5 Å². The lowest BCUT2D eigenvalue weighted by Crippen LogP contribution is -1.97. The van der Waals surface area contributed by atoms with Gasteiger partial charge in [0.05, 0.1) is 0 Å². The summed E-state index contributed by atoms with van der Waals surface area (Å²) in [4.78, 5) is 0. The Balaban J connectivity index is 3.36.